The number of methoxy groups -OCH3 is 1. The number of nitrogens with zero attached hydrogens (tertiary/aromatic N) is 1. The third-order valence-corrected chi connectivity index (χ3v) is 4.17. The first-order chi connectivity index (χ1) is 9.15. The van der Waals surface area contributed by atoms with Crippen molar-refractivity contribution in [1.29, 1.82) is 0 Å². The quantitative estimate of drug-likeness (QED) is 0.794. The molecule has 1 heterocycles. The molecule has 0 radical (unpaired) electrons. The Balaban J connectivity index is 2.04. The molecule has 1 aromatic rings. The molecular weight excluding hydrogens is 262 g/mol. The summed E-state index contributed by atoms with van der Waals surface area (Å²) in [7, 11) is 1.63. The van der Waals surface area contributed by atoms with Crippen molar-refractivity contribution in [1.82, 2.24) is 4.90 Å². The number of hydrogen-bond acceptors (Lipinski definition) is 2. The van der Waals surface area contributed by atoms with E-state index in [1.54, 1.807) is 7.11 Å². The van der Waals surface area contributed by atoms with Crippen LogP contribution in [0.25, 0.3) is 0 Å². The minimum absolute atomic E-state index is 0.156. The highest BCUT2D eigenvalue weighted by Gasteiger charge is 2.33. The number of likely N-dealkylation sites (tertiary alicyclic amines) is 1. The van der Waals surface area contributed by atoms with E-state index in [1.165, 1.54) is 0 Å². The lowest BCUT2D eigenvalue weighted by Crippen LogP contribution is -2.39. The summed E-state index contributed by atoms with van der Waals surface area (Å²) in [6.07, 6.45) is 1.46. The van der Waals surface area contributed by atoms with Crippen LogP contribution in [0.15, 0.2) is 24.3 Å². The zero-order valence-corrected chi connectivity index (χ0v) is 12.2. The normalized spacial score (nSPS) is 22.6. The lowest BCUT2D eigenvalue weighted by atomic mass is 10.0. The molecule has 2 atom stereocenters. The van der Waals surface area contributed by atoms with E-state index < -0.39 is 0 Å². The molecule has 0 saturated carbocycles. The fourth-order valence-electron chi connectivity index (χ4n) is 2.61. The molecule has 1 fully saturated rings. The van der Waals surface area contributed by atoms with Crippen LogP contribution >= 0.6 is 11.6 Å². The molecule has 0 aliphatic carbocycles. The average molecular weight is 282 g/mol. The summed E-state index contributed by atoms with van der Waals surface area (Å²) in [4.78, 5) is 14.3. The summed E-state index contributed by atoms with van der Waals surface area (Å²) < 4.78 is 5.18. The summed E-state index contributed by atoms with van der Waals surface area (Å²) in [5.41, 5.74) is 0.984. The predicted molar refractivity (Wildman–Crippen MR) is 76.7 cm³/mol. The average Bonchev–Trinajstić information content (AvgIpc) is 2.80. The number of carbonyl (C=O) groups is 1. The summed E-state index contributed by atoms with van der Waals surface area (Å²) in [5, 5.41) is 0. The molecule has 0 bridgehead atoms. The molecule has 1 amide bonds. The van der Waals surface area contributed by atoms with E-state index in [2.05, 4.69) is 6.92 Å². The second kappa shape index (κ2) is 6.29. The van der Waals surface area contributed by atoms with Gasteiger partial charge in [-0.2, -0.15) is 0 Å². The first-order valence-corrected chi connectivity index (χ1v) is 7.17. The third kappa shape index (κ3) is 3.21. The van der Waals surface area contributed by atoms with E-state index in [4.69, 9.17) is 16.3 Å². The molecule has 19 heavy (non-hydrogen) atoms. The fraction of sp³-hybridized carbons (Fsp3) is 0.533. The molecule has 2 unspecified atom stereocenters. The Bertz CT molecular complexity index is 450. The van der Waals surface area contributed by atoms with Crippen molar-refractivity contribution < 1.29 is 9.53 Å². The topological polar surface area (TPSA) is 29.5 Å². The molecule has 0 N–H and O–H groups in total. The van der Waals surface area contributed by atoms with Crippen molar-refractivity contribution in [2.75, 3.05) is 19.5 Å². The van der Waals surface area contributed by atoms with Gasteiger partial charge in [-0.1, -0.05) is 19.1 Å². The smallest absolute Gasteiger partial charge is 0.227 e. The molecule has 1 aromatic carbocycles. The molecule has 104 valence electrons. The van der Waals surface area contributed by atoms with Gasteiger partial charge in [-0.25, -0.2) is 0 Å². The molecule has 3 nitrogen and oxygen atoms in total. The Morgan fingerprint density at radius 3 is 3.00 bits per heavy atom. The standard InChI is InChI=1S/C15H20ClNO2/c1-11-6-7-17(14(11)10-16)15(18)9-12-4-3-5-13(8-12)19-2/h3-5,8,11,14H,6-7,9-10H2,1-2H3. The van der Waals surface area contributed by atoms with Gasteiger partial charge < -0.3 is 9.64 Å². The molecule has 1 saturated heterocycles. The molecule has 1 aliphatic rings. The summed E-state index contributed by atoms with van der Waals surface area (Å²) in [5.74, 6) is 1.95. The van der Waals surface area contributed by atoms with E-state index >= 15 is 0 Å². The zero-order chi connectivity index (χ0) is 13.8. The van der Waals surface area contributed by atoms with Crippen LogP contribution in [-0.4, -0.2) is 36.4 Å². The van der Waals surface area contributed by atoms with Gasteiger partial charge in [-0.15, -0.1) is 11.6 Å². The highest BCUT2D eigenvalue weighted by molar-refractivity contribution is 6.18. The fourth-order valence-corrected chi connectivity index (χ4v) is 3.08. The number of benzene rings is 1. The number of hydrogen-bond donors (Lipinski definition) is 0. The Hall–Kier alpha value is -1.22. The van der Waals surface area contributed by atoms with Crippen molar-refractivity contribution >= 4 is 17.5 Å². The predicted octanol–water partition coefficient (Wildman–Crippen LogP) is 2.71. The van der Waals surface area contributed by atoms with Crippen LogP contribution in [0.5, 0.6) is 5.75 Å². The van der Waals surface area contributed by atoms with Gasteiger partial charge in [-0.3, -0.25) is 4.79 Å². The van der Waals surface area contributed by atoms with Crippen molar-refractivity contribution in [3.05, 3.63) is 29.8 Å². The summed E-state index contributed by atoms with van der Waals surface area (Å²) in [6.45, 7) is 2.98. The Morgan fingerprint density at radius 2 is 2.32 bits per heavy atom. The first-order valence-electron chi connectivity index (χ1n) is 6.64. The van der Waals surface area contributed by atoms with Crippen molar-refractivity contribution in [2.24, 2.45) is 5.92 Å². The largest absolute Gasteiger partial charge is 0.497 e. The maximum absolute atomic E-state index is 12.4. The van der Waals surface area contributed by atoms with E-state index in [0.29, 0.717) is 18.2 Å². The molecule has 0 spiro atoms. The maximum atomic E-state index is 12.4. The number of ether oxygens (including phenoxy) is 1. The minimum atomic E-state index is 0.156. The second-order valence-electron chi connectivity index (χ2n) is 5.10. The molecule has 1 aliphatic heterocycles. The van der Waals surface area contributed by atoms with Gasteiger partial charge in [0.05, 0.1) is 13.5 Å². The molecule has 4 heteroatoms. The van der Waals surface area contributed by atoms with Gasteiger partial charge in [-0.05, 0) is 30.0 Å². The number of amides is 1. The van der Waals surface area contributed by atoms with Gasteiger partial charge in [0, 0.05) is 18.5 Å². The monoisotopic (exact) mass is 281 g/mol. The van der Waals surface area contributed by atoms with Crippen LogP contribution in [0.2, 0.25) is 0 Å². The van der Waals surface area contributed by atoms with E-state index in [0.717, 1.165) is 24.3 Å². The van der Waals surface area contributed by atoms with E-state index in [-0.39, 0.29) is 11.9 Å². The number of rotatable bonds is 4. The third-order valence-electron chi connectivity index (χ3n) is 3.85. The first kappa shape index (κ1) is 14.2. The number of carbonyl (C=O) groups excluding carboxylic acids is 1. The SMILES string of the molecule is COc1cccc(CC(=O)N2CCC(C)C2CCl)c1. The Kier molecular flexibility index (Phi) is 4.70. The van der Waals surface area contributed by atoms with Gasteiger partial charge in [0.25, 0.3) is 0 Å². The van der Waals surface area contributed by atoms with Crippen LogP contribution in [0, 0.1) is 5.92 Å². The highest BCUT2D eigenvalue weighted by atomic mass is 35.5. The summed E-state index contributed by atoms with van der Waals surface area (Å²) >= 11 is 5.98. The van der Waals surface area contributed by atoms with Gasteiger partial charge in [0.15, 0.2) is 0 Å². The van der Waals surface area contributed by atoms with Crippen LogP contribution in [0.4, 0.5) is 0 Å². The zero-order valence-electron chi connectivity index (χ0n) is 11.4. The van der Waals surface area contributed by atoms with Crippen LogP contribution < -0.4 is 4.74 Å². The van der Waals surface area contributed by atoms with Gasteiger partial charge in [0.1, 0.15) is 5.75 Å². The Labute approximate surface area is 119 Å². The van der Waals surface area contributed by atoms with Gasteiger partial charge >= 0.3 is 0 Å². The number of alkyl halides is 1. The van der Waals surface area contributed by atoms with E-state index in [1.807, 2.05) is 29.2 Å². The molecule has 0 aromatic heterocycles. The lowest BCUT2D eigenvalue weighted by molar-refractivity contribution is -0.131. The maximum Gasteiger partial charge on any atom is 0.227 e. The van der Waals surface area contributed by atoms with Crippen molar-refractivity contribution in [3.8, 4) is 5.75 Å². The van der Waals surface area contributed by atoms with Crippen LogP contribution in [0.3, 0.4) is 0 Å². The molecular formula is C15H20ClNO2. The van der Waals surface area contributed by atoms with Crippen molar-refractivity contribution in [2.45, 2.75) is 25.8 Å². The number of halogens is 1. The summed E-state index contributed by atoms with van der Waals surface area (Å²) in [6, 6.07) is 7.84. The minimum Gasteiger partial charge on any atom is -0.497 e. The Morgan fingerprint density at radius 1 is 1.53 bits per heavy atom. The van der Waals surface area contributed by atoms with E-state index in [9.17, 15) is 4.79 Å². The molecule has 2 rings (SSSR count). The van der Waals surface area contributed by atoms with Crippen LogP contribution in [0.1, 0.15) is 18.9 Å². The second-order valence-corrected chi connectivity index (χ2v) is 5.41. The van der Waals surface area contributed by atoms with Crippen LogP contribution in [-0.2, 0) is 11.2 Å². The van der Waals surface area contributed by atoms with Crippen molar-refractivity contribution in [3.63, 3.8) is 0 Å². The lowest BCUT2D eigenvalue weighted by Gasteiger charge is -2.25. The highest BCUT2D eigenvalue weighted by Crippen LogP contribution is 2.26. The van der Waals surface area contributed by atoms with Gasteiger partial charge in [0.2, 0.25) is 5.91 Å².